The van der Waals surface area contributed by atoms with Gasteiger partial charge in [0.2, 0.25) is 0 Å². The van der Waals surface area contributed by atoms with Crippen LogP contribution >= 0.6 is 11.6 Å². The monoisotopic (exact) mass is 320 g/mol. The van der Waals surface area contributed by atoms with Gasteiger partial charge in [0, 0.05) is 35.0 Å². The van der Waals surface area contributed by atoms with Gasteiger partial charge >= 0.3 is 0 Å². The Kier molecular flexibility index (Phi) is 4.33. The first-order valence-corrected chi connectivity index (χ1v) is 6.28. The molecule has 9 heteroatoms. The number of aliphatic imine (C=N–C) groups is 1. The molecule has 2 N–H and O–H groups in total. The van der Waals surface area contributed by atoms with E-state index in [1.807, 2.05) is 0 Å². The molecule has 0 unspecified atom stereocenters. The predicted octanol–water partition coefficient (Wildman–Crippen LogP) is 3.49. The number of hydrogen-bond acceptors (Lipinski definition) is 6. The number of nitrogens with two attached hydrogens (primary N) is 1. The molecule has 0 heterocycles. The maximum absolute atomic E-state index is 10.8. The van der Waals surface area contributed by atoms with Crippen molar-refractivity contribution in [2.45, 2.75) is 0 Å². The van der Waals surface area contributed by atoms with Gasteiger partial charge in [-0.15, -0.1) is 0 Å². The molecular weight excluding hydrogens is 312 g/mol. The summed E-state index contributed by atoms with van der Waals surface area (Å²) in [6.07, 6.45) is 1.30. The highest BCUT2D eigenvalue weighted by molar-refractivity contribution is 6.33. The largest absolute Gasteiger partial charge is 0.393 e. The molecule has 0 aliphatic carbocycles. The molecule has 2 aromatic rings. The molecule has 0 spiro atoms. The molecule has 0 aromatic heterocycles. The van der Waals surface area contributed by atoms with E-state index in [1.54, 1.807) is 0 Å². The first kappa shape index (κ1) is 15.4. The summed E-state index contributed by atoms with van der Waals surface area (Å²) in [6, 6.07) is 7.97. The smallest absolute Gasteiger partial charge is 0.294 e. The van der Waals surface area contributed by atoms with Crippen LogP contribution in [0.1, 0.15) is 5.56 Å². The number of nitro groups is 2. The maximum atomic E-state index is 10.8. The highest BCUT2D eigenvalue weighted by Crippen LogP contribution is 2.27. The number of nitrogen functional groups attached to an aromatic ring is 1. The van der Waals surface area contributed by atoms with E-state index >= 15 is 0 Å². The van der Waals surface area contributed by atoms with Crippen LogP contribution in [-0.2, 0) is 0 Å². The Morgan fingerprint density at radius 3 is 2.45 bits per heavy atom. The van der Waals surface area contributed by atoms with E-state index in [0.29, 0.717) is 5.56 Å². The molecule has 8 nitrogen and oxygen atoms in total. The first-order valence-electron chi connectivity index (χ1n) is 5.90. The fourth-order valence-corrected chi connectivity index (χ4v) is 1.82. The van der Waals surface area contributed by atoms with Gasteiger partial charge in [-0.2, -0.15) is 0 Å². The molecule has 22 heavy (non-hydrogen) atoms. The van der Waals surface area contributed by atoms with E-state index in [0.717, 1.165) is 0 Å². The number of nitrogens with zero attached hydrogens (tertiary/aromatic N) is 3. The van der Waals surface area contributed by atoms with Crippen LogP contribution < -0.4 is 5.73 Å². The van der Waals surface area contributed by atoms with Gasteiger partial charge in [-0.3, -0.25) is 25.2 Å². The molecular formula is C13H9ClN4O4. The SMILES string of the molecule is Nc1ccc(N=Cc2cc([N+](=O)[O-])ccc2Cl)cc1[N+](=O)[O-]. The molecule has 2 rings (SSSR count). The minimum atomic E-state index is -0.616. The summed E-state index contributed by atoms with van der Waals surface area (Å²) in [5.41, 5.74) is 5.73. The van der Waals surface area contributed by atoms with E-state index < -0.39 is 9.85 Å². The van der Waals surface area contributed by atoms with Crippen LogP contribution in [0.15, 0.2) is 41.4 Å². The quantitative estimate of drug-likeness (QED) is 0.399. The van der Waals surface area contributed by atoms with Crippen molar-refractivity contribution in [3.8, 4) is 0 Å². The molecule has 0 bridgehead atoms. The summed E-state index contributed by atoms with van der Waals surface area (Å²) < 4.78 is 0. The molecule has 0 radical (unpaired) electrons. The number of hydrogen-bond donors (Lipinski definition) is 1. The average Bonchev–Trinajstić information content (AvgIpc) is 2.47. The van der Waals surface area contributed by atoms with Gasteiger partial charge in [-0.1, -0.05) is 11.6 Å². The summed E-state index contributed by atoms with van der Waals surface area (Å²) >= 11 is 5.93. The number of non-ortho nitro benzene ring substituents is 1. The van der Waals surface area contributed by atoms with Crippen LogP contribution in [0, 0.1) is 20.2 Å². The van der Waals surface area contributed by atoms with Gasteiger partial charge in [0.15, 0.2) is 0 Å². The lowest BCUT2D eigenvalue weighted by Gasteiger charge is -2.00. The summed E-state index contributed by atoms with van der Waals surface area (Å²) in [6.45, 7) is 0. The Hall–Kier alpha value is -3.00. The van der Waals surface area contributed by atoms with Gasteiger partial charge in [0.1, 0.15) is 5.69 Å². The predicted molar refractivity (Wildman–Crippen MR) is 82.9 cm³/mol. The average molecular weight is 321 g/mol. The Bertz CT molecular complexity index is 792. The highest BCUT2D eigenvalue weighted by Gasteiger charge is 2.12. The third-order valence-electron chi connectivity index (χ3n) is 2.75. The number of anilines is 1. The second-order valence-electron chi connectivity index (χ2n) is 4.22. The van der Waals surface area contributed by atoms with E-state index in [4.69, 9.17) is 17.3 Å². The van der Waals surface area contributed by atoms with Crippen molar-refractivity contribution in [2.75, 3.05) is 5.73 Å². The second kappa shape index (κ2) is 6.19. The van der Waals surface area contributed by atoms with E-state index in [9.17, 15) is 20.2 Å². The van der Waals surface area contributed by atoms with Crippen molar-refractivity contribution in [1.29, 1.82) is 0 Å². The van der Waals surface area contributed by atoms with Crippen LogP contribution in [0.3, 0.4) is 0 Å². The Morgan fingerprint density at radius 2 is 1.82 bits per heavy atom. The Morgan fingerprint density at radius 1 is 1.09 bits per heavy atom. The molecule has 0 saturated carbocycles. The molecule has 0 fully saturated rings. The lowest BCUT2D eigenvalue weighted by molar-refractivity contribution is -0.384. The van der Waals surface area contributed by atoms with Crippen LogP contribution in [-0.4, -0.2) is 16.1 Å². The zero-order valence-electron chi connectivity index (χ0n) is 11.0. The topological polar surface area (TPSA) is 125 Å². The van der Waals surface area contributed by atoms with E-state index in [-0.39, 0.29) is 27.8 Å². The zero-order valence-corrected chi connectivity index (χ0v) is 11.7. The van der Waals surface area contributed by atoms with Crippen LogP contribution in [0.2, 0.25) is 5.02 Å². The molecule has 2 aromatic carbocycles. The molecule has 0 saturated heterocycles. The zero-order chi connectivity index (χ0) is 16.3. The van der Waals surface area contributed by atoms with Gasteiger partial charge in [-0.25, -0.2) is 0 Å². The van der Waals surface area contributed by atoms with Crippen LogP contribution in [0.25, 0.3) is 0 Å². The number of nitro benzene ring substituents is 2. The summed E-state index contributed by atoms with van der Waals surface area (Å²) in [5, 5.41) is 21.8. The molecule has 0 aliphatic heterocycles. The van der Waals surface area contributed by atoms with Gasteiger partial charge in [0.05, 0.1) is 15.5 Å². The highest BCUT2D eigenvalue weighted by atomic mass is 35.5. The third-order valence-corrected chi connectivity index (χ3v) is 3.10. The molecule has 0 amide bonds. The minimum absolute atomic E-state index is 0.0253. The Balaban J connectivity index is 2.36. The fourth-order valence-electron chi connectivity index (χ4n) is 1.66. The second-order valence-corrected chi connectivity index (χ2v) is 4.63. The summed E-state index contributed by atoms with van der Waals surface area (Å²) in [5.74, 6) is 0. The maximum Gasteiger partial charge on any atom is 0.294 e. The number of benzene rings is 2. The summed E-state index contributed by atoms with van der Waals surface area (Å²) in [7, 11) is 0. The lowest BCUT2D eigenvalue weighted by atomic mass is 10.2. The molecule has 0 aliphatic rings. The van der Waals surface area contributed by atoms with Crippen molar-refractivity contribution < 1.29 is 9.85 Å². The third kappa shape index (κ3) is 3.36. The Labute approximate surface area is 129 Å². The van der Waals surface area contributed by atoms with Crippen molar-refractivity contribution in [1.82, 2.24) is 0 Å². The first-order chi connectivity index (χ1) is 10.4. The standard InChI is InChI=1S/C13H9ClN4O4/c14-11-3-2-10(17(19)20)5-8(11)7-16-9-1-4-12(15)13(6-9)18(21)22/h1-7H,15H2. The van der Waals surface area contributed by atoms with Gasteiger partial charge in [0.25, 0.3) is 11.4 Å². The van der Waals surface area contributed by atoms with Crippen molar-refractivity contribution >= 4 is 40.6 Å². The van der Waals surface area contributed by atoms with Crippen molar-refractivity contribution in [2.24, 2.45) is 4.99 Å². The van der Waals surface area contributed by atoms with Crippen molar-refractivity contribution in [3.05, 3.63) is 67.2 Å². The van der Waals surface area contributed by atoms with E-state index in [2.05, 4.69) is 4.99 Å². The fraction of sp³-hybridized carbons (Fsp3) is 0. The van der Waals surface area contributed by atoms with Crippen LogP contribution in [0.4, 0.5) is 22.7 Å². The number of halogens is 1. The van der Waals surface area contributed by atoms with Gasteiger partial charge in [-0.05, 0) is 18.2 Å². The minimum Gasteiger partial charge on any atom is -0.393 e. The lowest BCUT2D eigenvalue weighted by Crippen LogP contribution is -1.94. The molecule has 112 valence electrons. The van der Waals surface area contributed by atoms with Crippen molar-refractivity contribution in [3.63, 3.8) is 0 Å². The number of rotatable bonds is 4. The van der Waals surface area contributed by atoms with Crippen LogP contribution in [0.5, 0.6) is 0 Å². The summed E-state index contributed by atoms with van der Waals surface area (Å²) in [4.78, 5) is 24.4. The molecule has 0 atom stereocenters. The normalized spacial score (nSPS) is 10.8. The van der Waals surface area contributed by atoms with Gasteiger partial charge < -0.3 is 5.73 Å². The van der Waals surface area contributed by atoms with E-state index in [1.165, 1.54) is 42.6 Å².